The number of Topliss-reactive ketones (excluding diaryl/α,β-unsaturated/α-hetero) is 1. The molecule has 1 saturated heterocycles. The number of esters is 2. The number of rotatable bonds is 6. The zero-order valence-corrected chi connectivity index (χ0v) is 20.3. The van der Waals surface area contributed by atoms with Crippen molar-refractivity contribution in [3.05, 3.63) is 52.4 Å². The number of carbonyl (C=O) groups excluding carboxylic acids is 3. The second kappa shape index (κ2) is 10.5. The highest BCUT2D eigenvalue weighted by Gasteiger charge is 2.40. The van der Waals surface area contributed by atoms with Crippen LogP contribution in [0.3, 0.4) is 0 Å². The molecule has 34 heavy (non-hydrogen) atoms. The van der Waals surface area contributed by atoms with Gasteiger partial charge in [0.1, 0.15) is 0 Å². The fourth-order valence-corrected chi connectivity index (χ4v) is 5.41. The quantitative estimate of drug-likeness (QED) is 0.635. The second-order valence-corrected chi connectivity index (χ2v) is 9.06. The molecule has 4 rings (SSSR count). The Kier molecular flexibility index (Phi) is 7.39. The summed E-state index contributed by atoms with van der Waals surface area (Å²) in [4.78, 5) is 40.8. The number of carbonyl (C=O) groups is 3. The molecule has 0 bridgehead atoms. The molecule has 2 heterocycles. The number of ether oxygens (including phenoxy) is 2. The normalized spacial score (nSPS) is 21.2. The summed E-state index contributed by atoms with van der Waals surface area (Å²) in [5, 5.41) is 3.34. The van der Waals surface area contributed by atoms with Crippen molar-refractivity contribution in [3.8, 4) is 0 Å². The molecule has 1 fully saturated rings. The summed E-state index contributed by atoms with van der Waals surface area (Å²) in [5.41, 5.74) is 4.79. The van der Waals surface area contributed by atoms with Gasteiger partial charge < -0.3 is 19.7 Å². The third kappa shape index (κ3) is 4.61. The minimum atomic E-state index is -0.470. The molecule has 0 saturated carbocycles. The SMILES string of the molecule is CCOC(=O)C1=C(C)NC2=C(C(=O)CCC2)[C@@H]1c1ccccc1N1CCC(C(=O)OCC)CC1. The highest BCUT2D eigenvalue weighted by atomic mass is 16.5. The van der Waals surface area contributed by atoms with Crippen LogP contribution in [-0.2, 0) is 23.9 Å². The summed E-state index contributed by atoms with van der Waals surface area (Å²) in [7, 11) is 0. The molecule has 2 aliphatic heterocycles. The van der Waals surface area contributed by atoms with Crippen LogP contribution < -0.4 is 10.2 Å². The van der Waals surface area contributed by atoms with Crippen molar-refractivity contribution in [2.75, 3.05) is 31.2 Å². The van der Waals surface area contributed by atoms with Crippen LogP contribution in [0, 0.1) is 5.92 Å². The molecule has 1 atom stereocenters. The lowest BCUT2D eigenvalue weighted by Crippen LogP contribution is -2.39. The van der Waals surface area contributed by atoms with Crippen molar-refractivity contribution in [2.45, 2.75) is 58.8 Å². The van der Waals surface area contributed by atoms with Gasteiger partial charge in [-0.1, -0.05) is 18.2 Å². The molecule has 0 radical (unpaired) electrons. The molecule has 3 aliphatic rings. The predicted octanol–water partition coefficient (Wildman–Crippen LogP) is 4.00. The fraction of sp³-hybridized carbons (Fsp3) is 0.519. The summed E-state index contributed by atoms with van der Waals surface area (Å²) in [6.45, 7) is 7.59. The smallest absolute Gasteiger partial charge is 0.336 e. The second-order valence-electron chi connectivity index (χ2n) is 9.06. The Morgan fingerprint density at radius 2 is 1.76 bits per heavy atom. The van der Waals surface area contributed by atoms with Gasteiger partial charge >= 0.3 is 11.9 Å². The Morgan fingerprint density at radius 3 is 2.47 bits per heavy atom. The topological polar surface area (TPSA) is 84.9 Å². The number of hydrogen-bond acceptors (Lipinski definition) is 7. The van der Waals surface area contributed by atoms with Crippen molar-refractivity contribution in [2.24, 2.45) is 5.92 Å². The van der Waals surface area contributed by atoms with E-state index in [1.807, 2.05) is 38.1 Å². The lowest BCUT2D eigenvalue weighted by Gasteiger charge is -2.38. The van der Waals surface area contributed by atoms with E-state index in [9.17, 15) is 14.4 Å². The van der Waals surface area contributed by atoms with Gasteiger partial charge in [-0.3, -0.25) is 9.59 Å². The molecule has 1 aromatic rings. The first-order chi connectivity index (χ1) is 16.5. The van der Waals surface area contributed by atoms with Gasteiger partial charge in [0.2, 0.25) is 0 Å². The average molecular weight is 467 g/mol. The van der Waals surface area contributed by atoms with Gasteiger partial charge in [-0.15, -0.1) is 0 Å². The first kappa shape index (κ1) is 24.0. The molecule has 1 aromatic carbocycles. The fourth-order valence-electron chi connectivity index (χ4n) is 5.41. The van der Waals surface area contributed by atoms with Crippen LogP contribution in [0.25, 0.3) is 0 Å². The number of allylic oxidation sites excluding steroid dienone is 3. The van der Waals surface area contributed by atoms with Crippen molar-refractivity contribution in [3.63, 3.8) is 0 Å². The maximum atomic E-state index is 13.2. The number of hydrogen-bond donors (Lipinski definition) is 1. The summed E-state index contributed by atoms with van der Waals surface area (Å²) < 4.78 is 10.7. The van der Waals surface area contributed by atoms with E-state index in [1.165, 1.54) is 0 Å². The minimum absolute atomic E-state index is 0.0869. The summed E-state index contributed by atoms with van der Waals surface area (Å²) in [6, 6.07) is 8.00. The maximum absolute atomic E-state index is 13.2. The largest absolute Gasteiger partial charge is 0.466 e. The van der Waals surface area contributed by atoms with Gasteiger partial charge in [0.15, 0.2) is 5.78 Å². The van der Waals surface area contributed by atoms with E-state index in [0.717, 1.165) is 35.5 Å². The Morgan fingerprint density at radius 1 is 1.06 bits per heavy atom. The molecule has 0 unspecified atom stereocenters. The third-order valence-corrected chi connectivity index (χ3v) is 6.97. The number of ketones is 1. The van der Waals surface area contributed by atoms with E-state index in [0.29, 0.717) is 50.1 Å². The van der Waals surface area contributed by atoms with Gasteiger partial charge in [-0.2, -0.15) is 0 Å². The van der Waals surface area contributed by atoms with Crippen LogP contribution in [0.5, 0.6) is 0 Å². The molecule has 7 nitrogen and oxygen atoms in total. The van der Waals surface area contributed by atoms with Crippen molar-refractivity contribution in [1.29, 1.82) is 0 Å². The number of dihydropyridines is 1. The van der Waals surface area contributed by atoms with Crippen LogP contribution in [0.2, 0.25) is 0 Å². The number of anilines is 1. The first-order valence-corrected chi connectivity index (χ1v) is 12.4. The zero-order valence-electron chi connectivity index (χ0n) is 20.3. The highest BCUT2D eigenvalue weighted by Crippen LogP contribution is 2.45. The lowest BCUT2D eigenvalue weighted by atomic mass is 9.74. The van der Waals surface area contributed by atoms with Crippen LogP contribution in [0.15, 0.2) is 46.8 Å². The van der Waals surface area contributed by atoms with Crippen molar-refractivity contribution >= 4 is 23.4 Å². The van der Waals surface area contributed by atoms with E-state index in [2.05, 4.69) is 10.2 Å². The van der Waals surface area contributed by atoms with E-state index in [4.69, 9.17) is 9.47 Å². The molecular formula is C27H34N2O5. The summed E-state index contributed by atoms with van der Waals surface area (Å²) >= 11 is 0. The standard InChI is InChI=1S/C27H34N2O5/c1-4-33-26(31)18-13-15-29(16-14-18)21-11-7-6-9-19(21)24-23(27(32)34-5-2)17(3)28-20-10-8-12-22(30)25(20)24/h6-7,9,11,18,24,28H,4-5,8,10,12-16H2,1-3H3/t24-/m1/s1. The third-order valence-electron chi connectivity index (χ3n) is 6.97. The number of para-hydroxylation sites is 1. The maximum Gasteiger partial charge on any atom is 0.336 e. The average Bonchev–Trinajstić information content (AvgIpc) is 2.84. The van der Waals surface area contributed by atoms with Crippen molar-refractivity contribution < 1.29 is 23.9 Å². The Bertz CT molecular complexity index is 1030. The molecule has 0 aromatic heterocycles. The molecule has 1 aliphatic carbocycles. The van der Waals surface area contributed by atoms with E-state index in [-0.39, 0.29) is 24.3 Å². The minimum Gasteiger partial charge on any atom is -0.466 e. The zero-order chi connectivity index (χ0) is 24.2. The molecule has 1 N–H and O–H groups in total. The van der Waals surface area contributed by atoms with Crippen LogP contribution in [0.4, 0.5) is 5.69 Å². The Labute approximate surface area is 201 Å². The van der Waals surface area contributed by atoms with Gasteiger partial charge in [0, 0.05) is 42.2 Å². The molecule has 182 valence electrons. The number of benzene rings is 1. The highest BCUT2D eigenvalue weighted by molar-refractivity contribution is 6.04. The van der Waals surface area contributed by atoms with Gasteiger partial charge in [-0.05, 0) is 58.1 Å². The molecular weight excluding hydrogens is 432 g/mol. The molecule has 0 spiro atoms. The Balaban J connectivity index is 1.72. The van der Waals surface area contributed by atoms with E-state index < -0.39 is 11.9 Å². The number of piperidine rings is 1. The molecule has 7 heteroatoms. The van der Waals surface area contributed by atoms with Crippen LogP contribution in [0.1, 0.15) is 64.4 Å². The van der Waals surface area contributed by atoms with Gasteiger partial charge in [-0.25, -0.2) is 4.79 Å². The number of nitrogens with one attached hydrogen (secondary N) is 1. The first-order valence-electron chi connectivity index (χ1n) is 12.4. The van der Waals surface area contributed by atoms with Gasteiger partial charge in [0.25, 0.3) is 0 Å². The van der Waals surface area contributed by atoms with Crippen LogP contribution >= 0.6 is 0 Å². The summed E-state index contributed by atoms with van der Waals surface area (Å²) in [5.74, 6) is -0.988. The lowest BCUT2D eigenvalue weighted by molar-refractivity contribution is -0.148. The van der Waals surface area contributed by atoms with E-state index >= 15 is 0 Å². The monoisotopic (exact) mass is 466 g/mol. The molecule has 0 amide bonds. The van der Waals surface area contributed by atoms with Crippen LogP contribution in [-0.4, -0.2) is 44.0 Å². The van der Waals surface area contributed by atoms with Gasteiger partial charge in [0.05, 0.1) is 30.6 Å². The predicted molar refractivity (Wildman–Crippen MR) is 129 cm³/mol. The summed E-state index contributed by atoms with van der Waals surface area (Å²) in [6.07, 6.45) is 3.51. The number of nitrogens with zero attached hydrogens (tertiary/aromatic N) is 1. The van der Waals surface area contributed by atoms with E-state index in [1.54, 1.807) is 6.92 Å². The Hall–Kier alpha value is -3.09. The van der Waals surface area contributed by atoms with Crippen molar-refractivity contribution in [1.82, 2.24) is 5.32 Å².